The van der Waals surface area contributed by atoms with Crippen molar-refractivity contribution in [2.24, 2.45) is 0 Å². The van der Waals surface area contributed by atoms with Crippen LogP contribution in [0.5, 0.6) is 0 Å². The van der Waals surface area contributed by atoms with E-state index < -0.39 is 5.97 Å². The van der Waals surface area contributed by atoms with E-state index in [4.69, 9.17) is 9.47 Å². The van der Waals surface area contributed by atoms with Crippen molar-refractivity contribution >= 4 is 23.2 Å². The predicted octanol–water partition coefficient (Wildman–Crippen LogP) is 3.32. The van der Waals surface area contributed by atoms with Gasteiger partial charge in [0.2, 0.25) is 5.91 Å². The Balaban J connectivity index is 2.02. The maximum absolute atomic E-state index is 12.8. The molecule has 1 aromatic heterocycles. The Bertz CT molecular complexity index is 718. The molecule has 0 saturated carbocycles. The fraction of sp³-hybridized carbons (Fsp3) is 0.450. The minimum absolute atomic E-state index is 0.0329. The van der Waals surface area contributed by atoms with Crippen molar-refractivity contribution in [3.05, 3.63) is 52.0 Å². The van der Waals surface area contributed by atoms with Crippen molar-refractivity contribution in [3.63, 3.8) is 0 Å². The van der Waals surface area contributed by atoms with E-state index in [2.05, 4.69) is 4.98 Å². The van der Waals surface area contributed by atoms with Crippen LogP contribution >= 0.6 is 11.3 Å². The third-order valence-corrected chi connectivity index (χ3v) is 4.67. The molecule has 2 rings (SSSR count). The van der Waals surface area contributed by atoms with Crippen LogP contribution in [0.25, 0.3) is 0 Å². The average Bonchev–Trinajstić information content (AvgIpc) is 3.14. The van der Waals surface area contributed by atoms with Crippen LogP contribution in [0, 0.1) is 0 Å². The van der Waals surface area contributed by atoms with Crippen LogP contribution in [-0.2, 0) is 27.2 Å². The highest BCUT2D eigenvalue weighted by Gasteiger charge is 2.18. The van der Waals surface area contributed by atoms with Gasteiger partial charge in [0.15, 0.2) is 5.69 Å². The lowest BCUT2D eigenvalue weighted by Crippen LogP contribution is -2.33. The Kier molecular flexibility index (Phi) is 8.94. The van der Waals surface area contributed by atoms with E-state index >= 15 is 0 Å². The Hall–Kier alpha value is -2.25. The molecule has 0 unspecified atom stereocenters. The number of carbonyl (C=O) groups excluding carboxylic acids is 2. The summed E-state index contributed by atoms with van der Waals surface area (Å²) in [6.07, 6.45) is 1.09. The molecule has 1 amide bonds. The second-order valence-corrected chi connectivity index (χ2v) is 6.82. The summed E-state index contributed by atoms with van der Waals surface area (Å²) in [6, 6.07) is 9.67. The molecule has 146 valence electrons. The molecule has 1 aromatic carbocycles. The minimum Gasteiger partial charge on any atom is -0.461 e. The number of esters is 1. The second-order valence-electron chi connectivity index (χ2n) is 5.88. The van der Waals surface area contributed by atoms with Gasteiger partial charge in [-0.05, 0) is 25.8 Å². The van der Waals surface area contributed by atoms with E-state index in [-0.39, 0.29) is 5.91 Å². The highest BCUT2D eigenvalue weighted by Crippen LogP contribution is 2.15. The van der Waals surface area contributed by atoms with Crippen molar-refractivity contribution in [2.75, 3.05) is 26.4 Å². The lowest BCUT2D eigenvalue weighted by Gasteiger charge is -2.22. The van der Waals surface area contributed by atoms with Gasteiger partial charge in [-0.15, -0.1) is 11.3 Å². The summed E-state index contributed by atoms with van der Waals surface area (Å²) in [6.45, 7) is 6.25. The lowest BCUT2D eigenvalue weighted by atomic mass is 10.1. The van der Waals surface area contributed by atoms with Crippen LogP contribution in [0.1, 0.15) is 41.3 Å². The highest BCUT2D eigenvalue weighted by atomic mass is 32.1. The zero-order valence-corrected chi connectivity index (χ0v) is 16.7. The second kappa shape index (κ2) is 11.5. The number of hydrogen-bond donors (Lipinski definition) is 0. The number of benzene rings is 1. The van der Waals surface area contributed by atoms with Crippen LogP contribution in [-0.4, -0.2) is 48.1 Å². The van der Waals surface area contributed by atoms with Crippen LogP contribution < -0.4 is 0 Å². The van der Waals surface area contributed by atoms with E-state index in [0.29, 0.717) is 45.0 Å². The number of hydrogen-bond acceptors (Lipinski definition) is 6. The normalized spacial score (nSPS) is 10.6. The standard InChI is InChI=1S/C20H26N2O4S/c1-3-25-12-8-11-22(19(23)13-16-9-6-5-7-10-16)14-18-21-17(15-27-18)20(24)26-4-2/h5-7,9-10,15H,3-4,8,11-14H2,1-2H3. The number of carbonyl (C=O) groups is 2. The molecule has 0 radical (unpaired) electrons. The van der Waals surface area contributed by atoms with E-state index in [1.165, 1.54) is 11.3 Å². The molecule has 0 aliphatic rings. The van der Waals surface area contributed by atoms with E-state index in [0.717, 1.165) is 17.0 Å². The molecule has 0 spiro atoms. The molecule has 0 bridgehead atoms. The maximum Gasteiger partial charge on any atom is 0.357 e. The predicted molar refractivity (Wildman–Crippen MR) is 105 cm³/mol. The minimum atomic E-state index is -0.432. The molecule has 0 aliphatic carbocycles. The fourth-order valence-corrected chi connectivity index (χ4v) is 3.30. The quantitative estimate of drug-likeness (QED) is 0.435. The van der Waals surface area contributed by atoms with E-state index in [1.54, 1.807) is 17.2 Å². The third kappa shape index (κ3) is 7.11. The molecule has 27 heavy (non-hydrogen) atoms. The highest BCUT2D eigenvalue weighted by molar-refractivity contribution is 7.09. The number of ether oxygens (including phenoxy) is 2. The van der Waals surface area contributed by atoms with Gasteiger partial charge in [0.25, 0.3) is 0 Å². The van der Waals surface area contributed by atoms with Gasteiger partial charge < -0.3 is 14.4 Å². The molecular weight excluding hydrogens is 364 g/mol. The smallest absolute Gasteiger partial charge is 0.357 e. The van der Waals surface area contributed by atoms with Crippen LogP contribution in [0.3, 0.4) is 0 Å². The molecule has 0 aliphatic heterocycles. The molecule has 2 aromatic rings. The summed E-state index contributed by atoms with van der Waals surface area (Å²) in [7, 11) is 0. The maximum atomic E-state index is 12.8. The van der Waals surface area contributed by atoms with Gasteiger partial charge in [0.1, 0.15) is 5.01 Å². The molecule has 6 nitrogen and oxygen atoms in total. The molecule has 1 heterocycles. The summed E-state index contributed by atoms with van der Waals surface area (Å²) in [4.78, 5) is 30.7. The zero-order chi connectivity index (χ0) is 19.5. The average molecular weight is 391 g/mol. The molecule has 0 fully saturated rings. The monoisotopic (exact) mass is 390 g/mol. The first kappa shape index (κ1) is 21.1. The first-order valence-corrected chi connectivity index (χ1v) is 10.0. The molecular formula is C20H26N2O4S. The van der Waals surface area contributed by atoms with Gasteiger partial charge in [-0.2, -0.15) is 0 Å². The number of nitrogens with zero attached hydrogens (tertiary/aromatic N) is 2. The number of amides is 1. The van der Waals surface area contributed by atoms with Crippen LogP contribution in [0.2, 0.25) is 0 Å². The molecule has 0 N–H and O–H groups in total. The van der Waals surface area contributed by atoms with E-state index in [1.807, 2.05) is 37.3 Å². The number of aromatic nitrogens is 1. The molecule has 7 heteroatoms. The van der Waals surface area contributed by atoms with Gasteiger partial charge in [0, 0.05) is 25.1 Å². The van der Waals surface area contributed by atoms with Gasteiger partial charge in [0.05, 0.1) is 19.6 Å². The van der Waals surface area contributed by atoms with E-state index in [9.17, 15) is 9.59 Å². The SMILES string of the molecule is CCOCCCN(Cc1nc(C(=O)OCC)cs1)C(=O)Cc1ccccc1. The topological polar surface area (TPSA) is 68.7 Å². The number of rotatable bonds is 11. The Labute approximate surface area is 164 Å². The summed E-state index contributed by atoms with van der Waals surface area (Å²) in [5.41, 5.74) is 1.27. The third-order valence-electron chi connectivity index (χ3n) is 3.83. The summed E-state index contributed by atoms with van der Waals surface area (Å²) < 4.78 is 10.4. The van der Waals surface area contributed by atoms with Crippen molar-refractivity contribution in [1.82, 2.24) is 9.88 Å². The first-order chi connectivity index (χ1) is 13.1. The van der Waals surface area contributed by atoms with Gasteiger partial charge >= 0.3 is 5.97 Å². The van der Waals surface area contributed by atoms with Crippen LogP contribution in [0.4, 0.5) is 0 Å². The largest absolute Gasteiger partial charge is 0.461 e. The van der Waals surface area contributed by atoms with Crippen molar-refractivity contribution < 1.29 is 19.1 Å². The van der Waals surface area contributed by atoms with Gasteiger partial charge in [-0.3, -0.25) is 4.79 Å². The number of thiazole rings is 1. The van der Waals surface area contributed by atoms with Gasteiger partial charge in [-0.25, -0.2) is 9.78 Å². The summed E-state index contributed by atoms with van der Waals surface area (Å²) >= 11 is 1.36. The lowest BCUT2D eigenvalue weighted by molar-refractivity contribution is -0.131. The van der Waals surface area contributed by atoms with Crippen molar-refractivity contribution in [2.45, 2.75) is 33.2 Å². The Morgan fingerprint density at radius 2 is 1.93 bits per heavy atom. The molecule has 0 saturated heterocycles. The zero-order valence-electron chi connectivity index (χ0n) is 15.8. The summed E-state index contributed by atoms with van der Waals surface area (Å²) in [5.74, 6) is -0.399. The van der Waals surface area contributed by atoms with Gasteiger partial charge in [-0.1, -0.05) is 30.3 Å². The van der Waals surface area contributed by atoms with Crippen molar-refractivity contribution in [3.8, 4) is 0 Å². The fourth-order valence-electron chi connectivity index (χ4n) is 2.52. The van der Waals surface area contributed by atoms with Crippen molar-refractivity contribution in [1.29, 1.82) is 0 Å². The van der Waals surface area contributed by atoms with Crippen LogP contribution in [0.15, 0.2) is 35.7 Å². The summed E-state index contributed by atoms with van der Waals surface area (Å²) in [5, 5.41) is 2.39. The Morgan fingerprint density at radius 1 is 1.15 bits per heavy atom. The molecule has 0 atom stereocenters. The first-order valence-electron chi connectivity index (χ1n) is 9.15. The Morgan fingerprint density at radius 3 is 2.63 bits per heavy atom.